The fraction of sp³-hybridized carbons (Fsp3) is 0.538. The third-order valence-electron chi connectivity index (χ3n) is 2.67. The predicted octanol–water partition coefficient (Wildman–Crippen LogP) is 2.13. The van der Waals surface area contributed by atoms with Gasteiger partial charge in [-0.1, -0.05) is 19.9 Å². The Bertz CT molecular complexity index is 390. The molecule has 0 radical (unpaired) electrons. The largest absolute Gasteiger partial charge is 0.489 e. The molecule has 1 aromatic carbocycles. The average molecular weight is 237 g/mol. The minimum atomic E-state index is 0.0456. The molecule has 2 rings (SSSR count). The first kappa shape index (κ1) is 12.2. The molecule has 1 N–H and O–H groups in total. The molecule has 4 nitrogen and oxygen atoms in total. The molecule has 1 heterocycles. The van der Waals surface area contributed by atoms with Crippen LogP contribution in [0.3, 0.4) is 0 Å². The van der Waals surface area contributed by atoms with Crippen molar-refractivity contribution in [2.45, 2.75) is 20.4 Å². The first-order chi connectivity index (χ1) is 8.11. The van der Waals surface area contributed by atoms with E-state index in [4.69, 9.17) is 14.3 Å². The fourth-order valence-electron chi connectivity index (χ4n) is 1.64. The van der Waals surface area contributed by atoms with Gasteiger partial charge in [-0.2, -0.15) is 5.48 Å². The van der Waals surface area contributed by atoms with Crippen LogP contribution in [-0.4, -0.2) is 20.3 Å². The van der Waals surface area contributed by atoms with Gasteiger partial charge in [0, 0.05) is 12.0 Å². The smallest absolute Gasteiger partial charge is 0.161 e. The second-order valence-electron chi connectivity index (χ2n) is 5.05. The van der Waals surface area contributed by atoms with Crippen LogP contribution in [0, 0.1) is 5.41 Å². The van der Waals surface area contributed by atoms with Gasteiger partial charge in [-0.25, -0.2) is 0 Å². The third kappa shape index (κ3) is 3.11. The van der Waals surface area contributed by atoms with Gasteiger partial charge in [0.2, 0.25) is 0 Å². The van der Waals surface area contributed by atoms with E-state index in [9.17, 15) is 0 Å². The minimum Gasteiger partial charge on any atom is -0.489 e. The highest BCUT2D eigenvalue weighted by Crippen LogP contribution is 2.34. The summed E-state index contributed by atoms with van der Waals surface area (Å²) in [6.45, 7) is 6.26. The molecule has 94 valence electrons. The van der Waals surface area contributed by atoms with Crippen molar-refractivity contribution in [3.8, 4) is 11.5 Å². The highest BCUT2D eigenvalue weighted by atomic mass is 16.6. The normalized spacial score (nSPS) is 17.6. The molecule has 0 aliphatic carbocycles. The van der Waals surface area contributed by atoms with Crippen LogP contribution in [0.25, 0.3) is 0 Å². The maximum Gasteiger partial charge on any atom is 0.161 e. The van der Waals surface area contributed by atoms with Gasteiger partial charge >= 0.3 is 0 Å². The molecular formula is C13H19NO3. The van der Waals surface area contributed by atoms with Gasteiger partial charge in [0.25, 0.3) is 0 Å². The van der Waals surface area contributed by atoms with Crippen LogP contribution in [0.1, 0.15) is 19.4 Å². The molecule has 0 amide bonds. The third-order valence-corrected chi connectivity index (χ3v) is 2.67. The molecule has 0 unspecified atom stereocenters. The molecule has 1 aromatic rings. The Morgan fingerprint density at radius 2 is 1.94 bits per heavy atom. The Morgan fingerprint density at radius 1 is 1.24 bits per heavy atom. The molecule has 0 saturated carbocycles. The Labute approximate surface area is 102 Å². The summed E-state index contributed by atoms with van der Waals surface area (Å²) in [6.07, 6.45) is 0. The Kier molecular flexibility index (Phi) is 3.54. The lowest BCUT2D eigenvalue weighted by molar-refractivity contribution is 0.0866. The second-order valence-corrected chi connectivity index (χ2v) is 5.05. The topological polar surface area (TPSA) is 39.7 Å². The summed E-state index contributed by atoms with van der Waals surface area (Å²) in [5.74, 6) is 1.63. The van der Waals surface area contributed by atoms with Crippen molar-refractivity contribution < 1.29 is 14.3 Å². The van der Waals surface area contributed by atoms with Gasteiger partial charge in [0.05, 0.1) is 20.3 Å². The molecule has 0 fully saturated rings. The van der Waals surface area contributed by atoms with E-state index < -0.39 is 0 Å². The van der Waals surface area contributed by atoms with Gasteiger partial charge in [0.15, 0.2) is 11.5 Å². The lowest BCUT2D eigenvalue weighted by Gasteiger charge is -2.19. The summed E-state index contributed by atoms with van der Waals surface area (Å²) in [4.78, 5) is 4.83. The molecule has 0 bridgehead atoms. The van der Waals surface area contributed by atoms with E-state index in [1.165, 1.54) is 0 Å². The number of hydroxylamine groups is 1. The summed E-state index contributed by atoms with van der Waals surface area (Å²) in [5.41, 5.74) is 3.96. The van der Waals surface area contributed by atoms with Crippen molar-refractivity contribution in [1.29, 1.82) is 0 Å². The second kappa shape index (κ2) is 4.94. The first-order valence-corrected chi connectivity index (χ1v) is 5.75. The molecular weight excluding hydrogens is 218 g/mol. The molecule has 0 atom stereocenters. The monoisotopic (exact) mass is 237 g/mol. The van der Waals surface area contributed by atoms with E-state index in [2.05, 4.69) is 19.3 Å². The number of hydrogen-bond acceptors (Lipinski definition) is 4. The predicted molar refractivity (Wildman–Crippen MR) is 65.1 cm³/mol. The van der Waals surface area contributed by atoms with Crippen LogP contribution in [0.5, 0.6) is 11.5 Å². The zero-order valence-electron chi connectivity index (χ0n) is 10.6. The fourth-order valence-corrected chi connectivity index (χ4v) is 1.64. The van der Waals surface area contributed by atoms with Crippen molar-refractivity contribution in [2.75, 3.05) is 20.3 Å². The maximum absolute atomic E-state index is 5.79. The van der Waals surface area contributed by atoms with Crippen molar-refractivity contribution in [2.24, 2.45) is 5.41 Å². The number of fused-ring (bicyclic) bond motifs is 1. The molecule has 4 heteroatoms. The van der Waals surface area contributed by atoms with E-state index >= 15 is 0 Å². The van der Waals surface area contributed by atoms with Crippen molar-refractivity contribution in [1.82, 2.24) is 5.48 Å². The Hall–Kier alpha value is -1.26. The van der Waals surface area contributed by atoms with Gasteiger partial charge in [-0.05, 0) is 17.7 Å². The van der Waals surface area contributed by atoms with Crippen molar-refractivity contribution in [3.63, 3.8) is 0 Å². The van der Waals surface area contributed by atoms with Crippen molar-refractivity contribution in [3.05, 3.63) is 23.8 Å². The van der Waals surface area contributed by atoms with Crippen LogP contribution in [-0.2, 0) is 11.4 Å². The van der Waals surface area contributed by atoms with Crippen LogP contribution >= 0.6 is 0 Å². The lowest BCUT2D eigenvalue weighted by atomic mass is 9.97. The highest BCUT2D eigenvalue weighted by molar-refractivity contribution is 5.43. The molecule has 0 saturated heterocycles. The summed E-state index contributed by atoms with van der Waals surface area (Å²) in [7, 11) is 1.60. The molecule has 1 aliphatic rings. The van der Waals surface area contributed by atoms with Gasteiger partial charge in [-0.3, -0.25) is 0 Å². The van der Waals surface area contributed by atoms with Crippen LogP contribution < -0.4 is 15.0 Å². The number of ether oxygens (including phenoxy) is 2. The molecule has 1 aliphatic heterocycles. The number of benzene rings is 1. The summed E-state index contributed by atoms with van der Waals surface area (Å²) in [5, 5.41) is 0. The Morgan fingerprint density at radius 3 is 2.65 bits per heavy atom. The van der Waals surface area contributed by atoms with Crippen molar-refractivity contribution >= 4 is 0 Å². The maximum atomic E-state index is 5.79. The standard InChI is InChI=1S/C13H19NO3/c1-13(2)8-16-11-5-4-10(7-14-15-3)6-12(11)17-9-13/h4-6,14H,7-9H2,1-3H3. The average Bonchev–Trinajstić information content (AvgIpc) is 2.46. The molecule has 17 heavy (non-hydrogen) atoms. The van der Waals surface area contributed by atoms with Crippen LogP contribution in [0.2, 0.25) is 0 Å². The number of hydrogen-bond donors (Lipinski definition) is 1. The lowest BCUT2D eigenvalue weighted by Crippen LogP contribution is -2.26. The SMILES string of the molecule is CONCc1ccc2c(c1)OCC(C)(C)CO2. The zero-order valence-corrected chi connectivity index (χ0v) is 10.6. The Balaban J connectivity index is 2.14. The highest BCUT2D eigenvalue weighted by Gasteiger charge is 2.25. The number of rotatable bonds is 3. The van der Waals surface area contributed by atoms with Crippen LogP contribution in [0.15, 0.2) is 18.2 Å². The van der Waals surface area contributed by atoms with Crippen LogP contribution in [0.4, 0.5) is 0 Å². The number of nitrogens with one attached hydrogen (secondary N) is 1. The quantitative estimate of drug-likeness (QED) is 0.818. The van der Waals surface area contributed by atoms with Gasteiger partial charge in [0.1, 0.15) is 0 Å². The van der Waals surface area contributed by atoms with E-state index in [1.807, 2.05) is 18.2 Å². The first-order valence-electron chi connectivity index (χ1n) is 5.75. The molecule has 0 aromatic heterocycles. The van der Waals surface area contributed by atoms with Gasteiger partial charge in [-0.15, -0.1) is 0 Å². The molecule has 0 spiro atoms. The van der Waals surface area contributed by atoms with E-state index in [1.54, 1.807) is 7.11 Å². The van der Waals surface area contributed by atoms with E-state index in [0.717, 1.165) is 17.1 Å². The van der Waals surface area contributed by atoms with E-state index in [-0.39, 0.29) is 5.41 Å². The zero-order chi connectivity index (χ0) is 12.3. The summed E-state index contributed by atoms with van der Waals surface area (Å²) < 4.78 is 11.5. The van der Waals surface area contributed by atoms with E-state index in [0.29, 0.717) is 19.8 Å². The minimum absolute atomic E-state index is 0.0456. The summed E-state index contributed by atoms with van der Waals surface area (Å²) in [6, 6.07) is 5.94. The van der Waals surface area contributed by atoms with Gasteiger partial charge < -0.3 is 14.3 Å². The summed E-state index contributed by atoms with van der Waals surface area (Å²) >= 11 is 0.